The fourth-order valence-corrected chi connectivity index (χ4v) is 1.76. The van der Waals surface area contributed by atoms with E-state index in [0.29, 0.717) is 29.7 Å². The van der Waals surface area contributed by atoms with Crippen LogP contribution in [0.15, 0.2) is 37.4 Å². The van der Waals surface area contributed by atoms with Crippen molar-refractivity contribution in [2.24, 2.45) is 0 Å². The third kappa shape index (κ3) is 5.55. The number of hydrogen-bond acceptors (Lipinski definition) is 3. The zero-order chi connectivity index (χ0) is 13.4. The lowest BCUT2D eigenvalue weighted by molar-refractivity contribution is 0.326. The highest BCUT2D eigenvalue weighted by atomic mass is 35.5. The third-order valence-corrected chi connectivity index (χ3v) is 2.53. The molecule has 0 saturated carbocycles. The van der Waals surface area contributed by atoms with Gasteiger partial charge in [0.25, 0.3) is 0 Å². The summed E-state index contributed by atoms with van der Waals surface area (Å²) in [5.41, 5.74) is 1.03. The van der Waals surface area contributed by atoms with E-state index in [4.69, 9.17) is 21.1 Å². The van der Waals surface area contributed by atoms with E-state index >= 15 is 0 Å². The van der Waals surface area contributed by atoms with Crippen molar-refractivity contribution < 1.29 is 9.47 Å². The topological polar surface area (TPSA) is 30.5 Å². The van der Waals surface area contributed by atoms with Crippen molar-refractivity contribution in [3.8, 4) is 11.5 Å². The predicted octanol–water partition coefficient (Wildman–Crippen LogP) is 3.61. The Hall–Kier alpha value is -1.16. The second kappa shape index (κ2) is 9.73. The molecular formula is C14H19Cl2NO2. The molecule has 0 aliphatic heterocycles. The standard InChI is InChI=1S/C14H18ClNO2.ClH/c1-4-6-16-10-11-8-12(15)14(18-7-5-2)13(9-11)17-3;/h4-5,8-9,16H,1-2,6-7,10H2,3H3;1H. The summed E-state index contributed by atoms with van der Waals surface area (Å²) in [5, 5.41) is 3.74. The number of methoxy groups -OCH3 is 1. The van der Waals surface area contributed by atoms with Crippen molar-refractivity contribution in [1.82, 2.24) is 5.32 Å². The molecule has 0 aliphatic carbocycles. The Morgan fingerprint density at radius 2 is 2.05 bits per heavy atom. The number of ether oxygens (including phenoxy) is 2. The van der Waals surface area contributed by atoms with Crippen molar-refractivity contribution >= 4 is 24.0 Å². The molecule has 0 aliphatic rings. The van der Waals surface area contributed by atoms with Crippen LogP contribution in [0.1, 0.15) is 5.56 Å². The highest BCUT2D eigenvalue weighted by Crippen LogP contribution is 2.36. The summed E-state index contributed by atoms with van der Waals surface area (Å²) < 4.78 is 10.8. The fourth-order valence-electron chi connectivity index (χ4n) is 1.48. The number of nitrogens with one attached hydrogen (secondary N) is 1. The van der Waals surface area contributed by atoms with Crippen molar-refractivity contribution in [1.29, 1.82) is 0 Å². The van der Waals surface area contributed by atoms with Crippen LogP contribution in [0.25, 0.3) is 0 Å². The molecule has 1 aromatic carbocycles. The molecule has 3 nitrogen and oxygen atoms in total. The van der Waals surface area contributed by atoms with Gasteiger partial charge in [0.1, 0.15) is 6.61 Å². The van der Waals surface area contributed by atoms with Gasteiger partial charge in [-0.05, 0) is 17.7 Å². The van der Waals surface area contributed by atoms with Gasteiger partial charge >= 0.3 is 0 Å². The van der Waals surface area contributed by atoms with E-state index in [1.165, 1.54) is 0 Å². The first kappa shape index (κ1) is 17.8. The average Bonchev–Trinajstić information content (AvgIpc) is 2.37. The van der Waals surface area contributed by atoms with E-state index in [-0.39, 0.29) is 12.4 Å². The minimum Gasteiger partial charge on any atom is -0.493 e. The molecule has 1 rings (SSSR count). The van der Waals surface area contributed by atoms with Crippen molar-refractivity contribution in [3.05, 3.63) is 48.0 Å². The Labute approximate surface area is 125 Å². The molecule has 0 radical (unpaired) electrons. The van der Waals surface area contributed by atoms with Gasteiger partial charge in [-0.3, -0.25) is 0 Å². The van der Waals surface area contributed by atoms with Crippen LogP contribution in [0, 0.1) is 0 Å². The number of hydrogen-bond donors (Lipinski definition) is 1. The van der Waals surface area contributed by atoms with Gasteiger partial charge < -0.3 is 14.8 Å². The van der Waals surface area contributed by atoms with Crippen molar-refractivity contribution in [3.63, 3.8) is 0 Å². The molecule has 0 amide bonds. The van der Waals surface area contributed by atoms with Crippen LogP contribution in [0.3, 0.4) is 0 Å². The number of rotatable bonds is 8. The smallest absolute Gasteiger partial charge is 0.180 e. The van der Waals surface area contributed by atoms with Crippen LogP contribution in [0.2, 0.25) is 5.02 Å². The molecule has 0 heterocycles. The second-order valence-corrected chi connectivity index (χ2v) is 4.04. The van der Waals surface area contributed by atoms with Crippen LogP contribution in [0.5, 0.6) is 11.5 Å². The largest absolute Gasteiger partial charge is 0.493 e. The van der Waals surface area contributed by atoms with Gasteiger partial charge in [-0.15, -0.1) is 19.0 Å². The van der Waals surface area contributed by atoms with E-state index < -0.39 is 0 Å². The Bertz CT molecular complexity index is 422. The van der Waals surface area contributed by atoms with Gasteiger partial charge in [-0.1, -0.05) is 30.3 Å². The summed E-state index contributed by atoms with van der Waals surface area (Å²) in [4.78, 5) is 0. The Morgan fingerprint density at radius 1 is 1.32 bits per heavy atom. The molecule has 0 saturated heterocycles. The van der Waals surface area contributed by atoms with Crippen molar-refractivity contribution in [2.45, 2.75) is 6.54 Å². The second-order valence-electron chi connectivity index (χ2n) is 3.63. The maximum Gasteiger partial charge on any atom is 0.180 e. The highest BCUT2D eigenvalue weighted by Gasteiger charge is 2.11. The molecule has 1 N–H and O–H groups in total. The van der Waals surface area contributed by atoms with E-state index in [2.05, 4.69) is 18.5 Å². The molecule has 5 heteroatoms. The summed E-state index contributed by atoms with van der Waals surface area (Å²) in [5.74, 6) is 1.17. The zero-order valence-electron chi connectivity index (χ0n) is 10.9. The van der Waals surface area contributed by atoms with Crippen LogP contribution in [-0.2, 0) is 6.54 Å². The Morgan fingerprint density at radius 3 is 2.63 bits per heavy atom. The maximum atomic E-state index is 6.17. The molecule has 1 aromatic rings. The molecule has 0 atom stereocenters. The lowest BCUT2D eigenvalue weighted by Gasteiger charge is -2.13. The summed E-state index contributed by atoms with van der Waals surface area (Å²) in [6.45, 7) is 9.08. The summed E-state index contributed by atoms with van der Waals surface area (Å²) in [6.07, 6.45) is 3.47. The van der Waals surface area contributed by atoms with Gasteiger partial charge in [-0.25, -0.2) is 0 Å². The van der Waals surface area contributed by atoms with Gasteiger partial charge in [0.15, 0.2) is 11.5 Å². The molecule has 0 unspecified atom stereocenters. The number of benzene rings is 1. The van der Waals surface area contributed by atoms with Gasteiger partial charge in [0.2, 0.25) is 0 Å². The van der Waals surface area contributed by atoms with E-state index in [9.17, 15) is 0 Å². The Balaban J connectivity index is 0.00000324. The van der Waals surface area contributed by atoms with E-state index in [1.807, 2.05) is 12.1 Å². The first-order chi connectivity index (χ1) is 8.72. The maximum absolute atomic E-state index is 6.17. The highest BCUT2D eigenvalue weighted by molar-refractivity contribution is 6.32. The third-order valence-electron chi connectivity index (χ3n) is 2.25. The lowest BCUT2D eigenvalue weighted by atomic mass is 10.2. The first-order valence-corrected chi connectivity index (χ1v) is 6.02. The molecule has 0 aromatic heterocycles. The van der Waals surface area contributed by atoms with Gasteiger partial charge in [0.05, 0.1) is 12.1 Å². The van der Waals surface area contributed by atoms with Gasteiger partial charge in [-0.2, -0.15) is 0 Å². The minimum absolute atomic E-state index is 0. The van der Waals surface area contributed by atoms with E-state index in [1.54, 1.807) is 19.3 Å². The SMILES string of the molecule is C=CCNCc1cc(Cl)c(OCC=C)c(OC)c1.Cl. The molecule has 0 spiro atoms. The van der Waals surface area contributed by atoms with Crippen LogP contribution in [0.4, 0.5) is 0 Å². The fraction of sp³-hybridized carbons (Fsp3) is 0.286. The molecule has 0 fully saturated rings. The minimum atomic E-state index is 0. The number of halogens is 2. The molecular weight excluding hydrogens is 285 g/mol. The van der Waals surface area contributed by atoms with Crippen LogP contribution in [-0.4, -0.2) is 20.3 Å². The normalized spacial score (nSPS) is 9.37. The average molecular weight is 304 g/mol. The Kier molecular flexibility index (Phi) is 9.13. The monoisotopic (exact) mass is 303 g/mol. The zero-order valence-corrected chi connectivity index (χ0v) is 12.5. The summed E-state index contributed by atoms with van der Waals surface area (Å²) >= 11 is 6.17. The van der Waals surface area contributed by atoms with Gasteiger partial charge in [0, 0.05) is 13.1 Å². The van der Waals surface area contributed by atoms with Crippen molar-refractivity contribution in [2.75, 3.05) is 20.3 Å². The lowest BCUT2D eigenvalue weighted by Crippen LogP contribution is -2.12. The van der Waals surface area contributed by atoms with E-state index in [0.717, 1.165) is 12.1 Å². The van der Waals surface area contributed by atoms with Crippen LogP contribution < -0.4 is 14.8 Å². The quantitative estimate of drug-likeness (QED) is 0.588. The molecule has 19 heavy (non-hydrogen) atoms. The molecule has 106 valence electrons. The summed E-state index contributed by atoms with van der Waals surface area (Å²) in [6, 6.07) is 3.76. The van der Waals surface area contributed by atoms with Crippen LogP contribution >= 0.6 is 24.0 Å². The first-order valence-electron chi connectivity index (χ1n) is 5.64. The summed E-state index contributed by atoms with van der Waals surface area (Å²) in [7, 11) is 1.59. The predicted molar refractivity (Wildman–Crippen MR) is 82.8 cm³/mol. The molecule has 0 bridgehead atoms.